The van der Waals surface area contributed by atoms with Crippen molar-refractivity contribution >= 4 is 5.91 Å². The van der Waals surface area contributed by atoms with E-state index in [0.717, 1.165) is 56.2 Å². The average Bonchev–Trinajstić information content (AvgIpc) is 3.37. The van der Waals surface area contributed by atoms with Crippen molar-refractivity contribution in [3.8, 4) is 11.3 Å². The lowest BCUT2D eigenvalue weighted by molar-refractivity contribution is 0.0728. The van der Waals surface area contributed by atoms with Crippen LogP contribution in [0.2, 0.25) is 0 Å². The number of rotatable bonds is 6. The third kappa shape index (κ3) is 4.46. The minimum absolute atomic E-state index is 0.151. The van der Waals surface area contributed by atoms with Gasteiger partial charge in [0.25, 0.3) is 5.91 Å². The van der Waals surface area contributed by atoms with E-state index in [2.05, 4.69) is 34.3 Å². The third-order valence-electron chi connectivity index (χ3n) is 7.00. The van der Waals surface area contributed by atoms with Crippen LogP contribution in [0.3, 0.4) is 0 Å². The Morgan fingerprint density at radius 1 is 1.27 bits per heavy atom. The molecule has 1 amide bonds. The quantitative estimate of drug-likeness (QED) is 0.774. The van der Waals surface area contributed by atoms with E-state index < -0.39 is 0 Å². The lowest BCUT2D eigenvalue weighted by atomic mass is 9.80. The average molecular weight is 414 g/mol. The largest absolute Gasteiger partial charge is 0.350 e. The third-order valence-corrected chi connectivity index (χ3v) is 7.00. The molecular weight excluding hydrogens is 378 g/mol. The number of hydrogen-bond donors (Lipinski definition) is 1. The number of aryl methyl sites for hydroxylation is 1. The van der Waals surface area contributed by atoms with Gasteiger partial charge in [0, 0.05) is 30.4 Å². The molecule has 0 bridgehead atoms. The number of piperidine rings is 1. The van der Waals surface area contributed by atoms with Crippen molar-refractivity contribution in [2.24, 2.45) is 5.92 Å². The van der Waals surface area contributed by atoms with Gasteiger partial charge in [-0.05, 0) is 58.5 Å². The minimum atomic E-state index is -0.161. The highest BCUT2D eigenvalue weighted by molar-refractivity contribution is 5.93. The molecule has 30 heavy (non-hydrogen) atoms. The van der Waals surface area contributed by atoms with Gasteiger partial charge in [0.15, 0.2) is 0 Å². The number of amides is 1. The van der Waals surface area contributed by atoms with Crippen LogP contribution in [-0.4, -0.2) is 50.9 Å². The minimum Gasteiger partial charge on any atom is -0.350 e. The predicted molar refractivity (Wildman–Crippen MR) is 116 cm³/mol. The first-order valence-corrected chi connectivity index (χ1v) is 11.5. The summed E-state index contributed by atoms with van der Waals surface area (Å²) in [5.74, 6) is 0.943. The summed E-state index contributed by atoms with van der Waals surface area (Å²) < 4.78 is 7.37. The zero-order chi connectivity index (χ0) is 21.1. The zero-order valence-electron chi connectivity index (χ0n) is 18.6. The number of nitrogens with zero attached hydrogens (tertiary/aromatic N) is 4. The van der Waals surface area contributed by atoms with Gasteiger partial charge in [-0.3, -0.25) is 9.48 Å². The molecule has 0 atom stereocenters. The molecule has 2 aromatic rings. The molecule has 1 aliphatic heterocycles. The Morgan fingerprint density at radius 2 is 2.00 bits per heavy atom. The van der Waals surface area contributed by atoms with Gasteiger partial charge in [0.2, 0.25) is 5.76 Å². The fourth-order valence-corrected chi connectivity index (χ4v) is 5.03. The van der Waals surface area contributed by atoms with Crippen LogP contribution in [0.1, 0.15) is 75.0 Å². The smallest absolute Gasteiger partial charge is 0.290 e. The molecule has 1 aliphatic carbocycles. The van der Waals surface area contributed by atoms with Crippen LogP contribution in [0.25, 0.3) is 11.3 Å². The Bertz CT molecular complexity index is 857. The molecule has 0 spiro atoms. The topological polar surface area (TPSA) is 76.2 Å². The summed E-state index contributed by atoms with van der Waals surface area (Å²) in [6.07, 6.45) is 9.95. The first-order chi connectivity index (χ1) is 14.5. The summed E-state index contributed by atoms with van der Waals surface area (Å²) in [6.45, 7) is 10.4. The van der Waals surface area contributed by atoms with E-state index in [4.69, 9.17) is 4.52 Å². The van der Waals surface area contributed by atoms with Crippen LogP contribution in [0.4, 0.5) is 0 Å². The lowest BCUT2D eigenvalue weighted by Crippen LogP contribution is -2.57. The molecule has 7 heteroatoms. The Hall–Kier alpha value is -2.15. The summed E-state index contributed by atoms with van der Waals surface area (Å²) in [5.41, 5.74) is 2.45. The Morgan fingerprint density at radius 3 is 2.67 bits per heavy atom. The van der Waals surface area contributed by atoms with Gasteiger partial charge >= 0.3 is 0 Å². The molecule has 2 aromatic heterocycles. The van der Waals surface area contributed by atoms with Gasteiger partial charge < -0.3 is 14.7 Å². The number of nitrogens with one attached hydrogen (secondary N) is 1. The Balaban J connectivity index is 1.47. The van der Waals surface area contributed by atoms with Crippen LogP contribution >= 0.6 is 0 Å². The van der Waals surface area contributed by atoms with Crippen molar-refractivity contribution in [1.29, 1.82) is 0 Å². The molecule has 7 nitrogen and oxygen atoms in total. The van der Waals surface area contributed by atoms with E-state index in [0.29, 0.717) is 5.69 Å². The highest BCUT2D eigenvalue weighted by Crippen LogP contribution is 2.31. The summed E-state index contributed by atoms with van der Waals surface area (Å²) >= 11 is 0. The van der Waals surface area contributed by atoms with Crippen molar-refractivity contribution in [3.05, 3.63) is 23.7 Å². The molecule has 2 fully saturated rings. The Kier molecular flexibility index (Phi) is 6.27. The molecule has 1 saturated heterocycles. The molecule has 1 saturated carbocycles. The molecule has 164 valence electrons. The number of likely N-dealkylation sites (tertiary alicyclic amines) is 1. The van der Waals surface area contributed by atoms with Crippen LogP contribution in [0.15, 0.2) is 16.8 Å². The maximum absolute atomic E-state index is 13.1. The summed E-state index contributed by atoms with van der Waals surface area (Å²) in [5, 5.41) is 11.9. The van der Waals surface area contributed by atoms with Crippen LogP contribution in [-0.2, 0) is 6.54 Å². The van der Waals surface area contributed by atoms with Crippen molar-refractivity contribution in [1.82, 2.24) is 25.2 Å². The van der Waals surface area contributed by atoms with Gasteiger partial charge in [0.1, 0.15) is 5.69 Å². The second-order valence-electron chi connectivity index (χ2n) is 9.29. The van der Waals surface area contributed by atoms with E-state index in [1.54, 1.807) is 12.3 Å². The number of aromatic nitrogens is 3. The van der Waals surface area contributed by atoms with Crippen molar-refractivity contribution in [3.63, 3.8) is 0 Å². The standard InChI is InChI=1S/C23H35N5O2/c1-4-28-18(3)19(15-24-28)20-14-21(30-26-20)22(29)25-23(10-6-5-7-11-23)16-27-12-8-17(2)9-13-27/h14-15,17H,4-13,16H2,1-3H3,(H,25,29). The normalized spacial score (nSPS) is 20.4. The van der Waals surface area contributed by atoms with Crippen molar-refractivity contribution in [2.75, 3.05) is 19.6 Å². The van der Waals surface area contributed by atoms with E-state index in [9.17, 15) is 4.79 Å². The second-order valence-corrected chi connectivity index (χ2v) is 9.29. The van der Waals surface area contributed by atoms with Crippen LogP contribution < -0.4 is 5.32 Å². The van der Waals surface area contributed by atoms with Gasteiger partial charge in [-0.1, -0.05) is 31.3 Å². The van der Waals surface area contributed by atoms with E-state index >= 15 is 0 Å². The zero-order valence-corrected chi connectivity index (χ0v) is 18.6. The van der Waals surface area contributed by atoms with E-state index in [1.807, 2.05) is 11.6 Å². The first-order valence-electron chi connectivity index (χ1n) is 11.5. The number of carbonyl (C=O) groups is 1. The number of hydrogen-bond acceptors (Lipinski definition) is 5. The monoisotopic (exact) mass is 413 g/mol. The Labute approximate surface area is 179 Å². The SMILES string of the molecule is CCn1ncc(-c2cc(C(=O)NC3(CN4CCC(C)CC4)CCCCC3)on2)c1C. The van der Waals surface area contributed by atoms with E-state index in [1.165, 1.54) is 32.1 Å². The van der Waals surface area contributed by atoms with E-state index in [-0.39, 0.29) is 17.2 Å². The molecule has 3 heterocycles. The molecule has 0 aromatic carbocycles. The van der Waals surface area contributed by atoms with Crippen molar-refractivity contribution < 1.29 is 9.32 Å². The maximum atomic E-state index is 13.1. The van der Waals surface area contributed by atoms with Crippen LogP contribution in [0.5, 0.6) is 0 Å². The van der Waals surface area contributed by atoms with Gasteiger partial charge in [0.05, 0.1) is 11.7 Å². The van der Waals surface area contributed by atoms with Crippen LogP contribution in [0, 0.1) is 12.8 Å². The molecular formula is C23H35N5O2. The first kappa shape index (κ1) is 21.1. The molecule has 0 radical (unpaired) electrons. The summed E-state index contributed by atoms with van der Waals surface area (Å²) in [4.78, 5) is 15.7. The molecule has 0 unspecified atom stereocenters. The summed E-state index contributed by atoms with van der Waals surface area (Å²) in [7, 11) is 0. The molecule has 1 N–H and O–H groups in total. The predicted octanol–water partition coefficient (Wildman–Crippen LogP) is 4.03. The highest BCUT2D eigenvalue weighted by Gasteiger charge is 2.37. The summed E-state index contributed by atoms with van der Waals surface area (Å²) in [6, 6.07) is 1.75. The maximum Gasteiger partial charge on any atom is 0.290 e. The lowest BCUT2D eigenvalue weighted by Gasteiger charge is -2.43. The second kappa shape index (κ2) is 8.92. The highest BCUT2D eigenvalue weighted by atomic mass is 16.5. The van der Waals surface area contributed by atoms with Gasteiger partial charge in [-0.25, -0.2) is 0 Å². The van der Waals surface area contributed by atoms with Gasteiger partial charge in [-0.15, -0.1) is 0 Å². The fourth-order valence-electron chi connectivity index (χ4n) is 5.03. The molecule has 4 rings (SSSR count). The van der Waals surface area contributed by atoms with Crippen molar-refractivity contribution in [2.45, 2.75) is 77.8 Å². The fraction of sp³-hybridized carbons (Fsp3) is 0.696. The van der Waals surface area contributed by atoms with Gasteiger partial charge in [-0.2, -0.15) is 5.10 Å². The number of carbonyl (C=O) groups excluding carboxylic acids is 1. The molecule has 2 aliphatic rings.